The number of nitriles is 1. The summed E-state index contributed by atoms with van der Waals surface area (Å²) in [4.78, 5) is 11.4. The van der Waals surface area contributed by atoms with Crippen LogP contribution in [-0.4, -0.2) is 5.91 Å². The lowest BCUT2D eigenvalue weighted by Gasteiger charge is -2.03. The fraction of sp³-hybridized carbons (Fsp3) is 0.143. The summed E-state index contributed by atoms with van der Waals surface area (Å²) in [6, 6.07) is 10.5. The Labute approximate surface area is 115 Å². The van der Waals surface area contributed by atoms with Crippen molar-refractivity contribution in [3.05, 3.63) is 53.0 Å². The number of benzene rings is 1. The highest BCUT2D eigenvalue weighted by molar-refractivity contribution is 5.92. The Kier molecular flexibility index (Phi) is 4.03. The van der Waals surface area contributed by atoms with Gasteiger partial charge in [-0.25, -0.2) is 5.84 Å². The minimum atomic E-state index is -0.480. The highest BCUT2D eigenvalue weighted by atomic mass is 16.5. The second-order valence-corrected chi connectivity index (χ2v) is 4.12. The number of carbonyl (C=O) groups excluding carboxylic acids is 1. The fourth-order valence-electron chi connectivity index (χ4n) is 1.69. The number of nitrogens with zero attached hydrogens (tertiary/aromatic N) is 1. The molecule has 0 bridgehead atoms. The molecule has 6 heteroatoms. The fourth-order valence-corrected chi connectivity index (χ4v) is 1.69. The van der Waals surface area contributed by atoms with Gasteiger partial charge in [-0.3, -0.25) is 10.2 Å². The van der Waals surface area contributed by atoms with E-state index in [1.165, 1.54) is 0 Å². The van der Waals surface area contributed by atoms with Gasteiger partial charge in [0.1, 0.15) is 18.1 Å². The van der Waals surface area contributed by atoms with E-state index in [0.717, 1.165) is 0 Å². The van der Waals surface area contributed by atoms with Crippen molar-refractivity contribution < 1.29 is 13.9 Å². The SMILES string of the molecule is Cc1cc(COc2ccc(C#N)cc2)oc1C(=O)NN. The van der Waals surface area contributed by atoms with Crippen LogP contribution >= 0.6 is 0 Å². The summed E-state index contributed by atoms with van der Waals surface area (Å²) in [7, 11) is 0. The largest absolute Gasteiger partial charge is 0.486 e. The monoisotopic (exact) mass is 271 g/mol. The van der Waals surface area contributed by atoms with Crippen molar-refractivity contribution in [1.29, 1.82) is 5.26 Å². The average Bonchev–Trinajstić information content (AvgIpc) is 2.86. The van der Waals surface area contributed by atoms with Crippen LogP contribution in [0, 0.1) is 18.3 Å². The summed E-state index contributed by atoms with van der Waals surface area (Å²) >= 11 is 0. The molecule has 0 spiro atoms. The first-order chi connectivity index (χ1) is 9.63. The summed E-state index contributed by atoms with van der Waals surface area (Å²) in [5, 5.41) is 8.69. The first-order valence-electron chi connectivity index (χ1n) is 5.87. The van der Waals surface area contributed by atoms with Crippen molar-refractivity contribution in [2.45, 2.75) is 13.5 Å². The van der Waals surface area contributed by atoms with E-state index in [-0.39, 0.29) is 12.4 Å². The van der Waals surface area contributed by atoms with Crippen LogP contribution in [0.25, 0.3) is 0 Å². The van der Waals surface area contributed by atoms with Crippen LogP contribution in [0.15, 0.2) is 34.7 Å². The van der Waals surface area contributed by atoms with Gasteiger partial charge in [-0.15, -0.1) is 0 Å². The van der Waals surface area contributed by atoms with Gasteiger partial charge < -0.3 is 9.15 Å². The maximum absolute atomic E-state index is 11.4. The smallest absolute Gasteiger partial charge is 0.301 e. The molecular weight excluding hydrogens is 258 g/mol. The molecule has 0 aliphatic heterocycles. The number of nitrogens with two attached hydrogens (primary N) is 1. The Hall–Kier alpha value is -2.78. The van der Waals surface area contributed by atoms with E-state index >= 15 is 0 Å². The molecule has 1 heterocycles. The highest BCUT2D eigenvalue weighted by Gasteiger charge is 2.14. The van der Waals surface area contributed by atoms with Crippen molar-refractivity contribution >= 4 is 5.91 Å². The van der Waals surface area contributed by atoms with Gasteiger partial charge in [0.25, 0.3) is 0 Å². The van der Waals surface area contributed by atoms with Gasteiger partial charge in [0.05, 0.1) is 11.6 Å². The number of carbonyl (C=O) groups is 1. The number of nitrogen functional groups attached to an aromatic ring is 1. The van der Waals surface area contributed by atoms with E-state index in [9.17, 15) is 4.79 Å². The van der Waals surface area contributed by atoms with Crippen LogP contribution < -0.4 is 16.0 Å². The van der Waals surface area contributed by atoms with Crippen LogP contribution in [0.3, 0.4) is 0 Å². The van der Waals surface area contributed by atoms with Gasteiger partial charge in [0.15, 0.2) is 5.76 Å². The lowest BCUT2D eigenvalue weighted by atomic mass is 10.2. The van der Waals surface area contributed by atoms with E-state index in [4.69, 9.17) is 20.3 Å². The van der Waals surface area contributed by atoms with Gasteiger partial charge in [0, 0.05) is 5.56 Å². The van der Waals surface area contributed by atoms with Gasteiger partial charge in [-0.1, -0.05) is 0 Å². The summed E-state index contributed by atoms with van der Waals surface area (Å²) in [5.74, 6) is 5.88. The number of furan rings is 1. The summed E-state index contributed by atoms with van der Waals surface area (Å²) in [6.07, 6.45) is 0. The van der Waals surface area contributed by atoms with Crippen LogP contribution in [0.5, 0.6) is 5.75 Å². The maximum atomic E-state index is 11.4. The third-order valence-electron chi connectivity index (χ3n) is 2.67. The molecule has 0 aliphatic rings. The molecule has 1 aromatic heterocycles. The molecule has 1 aromatic carbocycles. The normalized spacial score (nSPS) is 9.85. The molecule has 0 saturated carbocycles. The van der Waals surface area contributed by atoms with Crippen molar-refractivity contribution in [2.24, 2.45) is 5.84 Å². The second-order valence-electron chi connectivity index (χ2n) is 4.12. The number of hydrogen-bond donors (Lipinski definition) is 2. The predicted molar refractivity (Wildman–Crippen MR) is 70.6 cm³/mol. The molecule has 6 nitrogen and oxygen atoms in total. The molecule has 0 atom stereocenters. The van der Waals surface area contributed by atoms with E-state index in [0.29, 0.717) is 22.6 Å². The van der Waals surface area contributed by atoms with E-state index in [2.05, 4.69) is 0 Å². The van der Waals surface area contributed by atoms with Gasteiger partial charge in [0.2, 0.25) is 0 Å². The number of amides is 1. The van der Waals surface area contributed by atoms with Gasteiger partial charge >= 0.3 is 5.91 Å². The first-order valence-corrected chi connectivity index (χ1v) is 5.87. The molecule has 0 radical (unpaired) electrons. The third kappa shape index (κ3) is 2.96. The van der Waals surface area contributed by atoms with E-state index < -0.39 is 5.91 Å². The molecular formula is C14H13N3O3. The Morgan fingerprint density at radius 2 is 2.15 bits per heavy atom. The van der Waals surface area contributed by atoms with E-state index in [1.54, 1.807) is 37.3 Å². The van der Waals surface area contributed by atoms with Gasteiger partial charge in [-0.05, 0) is 37.3 Å². The highest BCUT2D eigenvalue weighted by Crippen LogP contribution is 2.18. The van der Waals surface area contributed by atoms with Crippen molar-refractivity contribution in [2.75, 3.05) is 0 Å². The number of aryl methyl sites for hydroxylation is 1. The van der Waals surface area contributed by atoms with E-state index in [1.807, 2.05) is 11.5 Å². The molecule has 0 unspecified atom stereocenters. The minimum Gasteiger partial charge on any atom is -0.486 e. The lowest BCUT2D eigenvalue weighted by molar-refractivity contribution is 0.0921. The van der Waals surface area contributed by atoms with Crippen molar-refractivity contribution in [1.82, 2.24) is 5.43 Å². The zero-order valence-corrected chi connectivity index (χ0v) is 10.8. The molecule has 0 aliphatic carbocycles. The van der Waals surface area contributed by atoms with Gasteiger partial charge in [-0.2, -0.15) is 5.26 Å². The standard InChI is InChI=1S/C14H13N3O3/c1-9-6-12(20-13(9)14(18)17-16)8-19-11-4-2-10(7-15)3-5-11/h2-6H,8,16H2,1H3,(H,17,18). The Morgan fingerprint density at radius 1 is 1.45 bits per heavy atom. The first kappa shape index (κ1) is 13.6. The molecule has 1 amide bonds. The van der Waals surface area contributed by atoms with Crippen LogP contribution in [0.2, 0.25) is 0 Å². The quantitative estimate of drug-likeness (QED) is 0.500. The third-order valence-corrected chi connectivity index (χ3v) is 2.67. The van der Waals surface area contributed by atoms with Crippen LogP contribution in [-0.2, 0) is 6.61 Å². The molecule has 3 N–H and O–H groups in total. The molecule has 102 valence electrons. The Morgan fingerprint density at radius 3 is 2.75 bits per heavy atom. The second kappa shape index (κ2) is 5.91. The molecule has 2 aromatic rings. The lowest BCUT2D eigenvalue weighted by Crippen LogP contribution is -2.30. The number of rotatable bonds is 4. The number of nitrogens with one attached hydrogen (secondary N) is 1. The molecule has 0 saturated heterocycles. The average molecular weight is 271 g/mol. The van der Waals surface area contributed by atoms with Crippen molar-refractivity contribution in [3.63, 3.8) is 0 Å². The topological polar surface area (TPSA) is 101 Å². The number of hydrazine groups is 1. The minimum absolute atomic E-state index is 0.172. The molecule has 2 rings (SSSR count). The summed E-state index contributed by atoms with van der Waals surface area (Å²) < 4.78 is 10.9. The van der Waals surface area contributed by atoms with Crippen LogP contribution in [0.1, 0.15) is 27.4 Å². The zero-order chi connectivity index (χ0) is 14.5. The van der Waals surface area contributed by atoms with Crippen LogP contribution in [0.4, 0.5) is 0 Å². The number of hydrogen-bond acceptors (Lipinski definition) is 5. The summed E-state index contributed by atoms with van der Waals surface area (Å²) in [6.45, 7) is 1.93. The molecule has 0 fully saturated rings. The summed E-state index contributed by atoms with van der Waals surface area (Å²) in [5.41, 5.74) is 3.27. The number of ether oxygens (including phenoxy) is 1. The zero-order valence-electron chi connectivity index (χ0n) is 10.8. The Balaban J connectivity index is 2.03. The maximum Gasteiger partial charge on any atom is 0.301 e. The Bertz CT molecular complexity index is 653. The molecule has 20 heavy (non-hydrogen) atoms. The predicted octanol–water partition coefficient (Wildman–Crippen LogP) is 1.64. The van der Waals surface area contributed by atoms with Crippen molar-refractivity contribution in [3.8, 4) is 11.8 Å².